The fourth-order valence-corrected chi connectivity index (χ4v) is 3.39. The molecule has 3 aromatic heterocycles. The van der Waals surface area contributed by atoms with Crippen LogP contribution in [0.1, 0.15) is 5.56 Å². The number of benzene rings is 2. The number of para-hydroxylation sites is 2. The van der Waals surface area contributed by atoms with Gasteiger partial charge in [-0.3, -0.25) is 0 Å². The topological polar surface area (TPSA) is 8.82 Å². The number of hydrogen-bond donors (Lipinski definition) is 0. The fraction of sp³-hybridized carbons (Fsp3) is 0.0588. The zero-order chi connectivity index (χ0) is 12.6. The zero-order valence-corrected chi connectivity index (χ0v) is 10.6. The molecule has 2 nitrogen and oxygen atoms in total. The maximum atomic E-state index is 2.32. The number of aryl methyl sites for hydroxylation is 1. The van der Waals surface area contributed by atoms with Crippen LogP contribution < -0.4 is 0 Å². The normalized spacial score (nSPS) is 12.5. The predicted octanol–water partition coefficient (Wildman–Crippen LogP) is 4.24. The second-order valence-corrected chi connectivity index (χ2v) is 5.25. The van der Waals surface area contributed by atoms with Crippen molar-refractivity contribution in [1.29, 1.82) is 0 Å². The van der Waals surface area contributed by atoms with Crippen LogP contribution in [0.3, 0.4) is 0 Å². The maximum Gasteiger partial charge on any atom is 0.0780 e. The van der Waals surface area contributed by atoms with Gasteiger partial charge in [0.25, 0.3) is 0 Å². The Labute approximate surface area is 109 Å². The summed E-state index contributed by atoms with van der Waals surface area (Å²) in [7, 11) is 0. The van der Waals surface area contributed by atoms with Gasteiger partial charge in [0.15, 0.2) is 0 Å². The van der Waals surface area contributed by atoms with Gasteiger partial charge in [-0.2, -0.15) is 0 Å². The first-order chi connectivity index (χ1) is 9.34. The van der Waals surface area contributed by atoms with E-state index in [1.807, 2.05) is 0 Å². The molecular weight excluding hydrogens is 232 g/mol. The molecule has 2 aromatic carbocycles. The molecule has 5 rings (SSSR count). The van der Waals surface area contributed by atoms with E-state index < -0.39 is 0 Å². The Morgan fingerprint density at radius 2 is 1.47 bits per heavy atom. The second-order valence-electron chi connectivity index (χ2n) is 5.25. The van der Waals surface area contributed by atoms with Gasteiger partial charge in [0, 0.05) is 23.2 Å². The molecule has 2 heteroatoms. The summed E-state index contributed by atoms with van der Waals surface area (Å²) in [6, 6.07) is 15.3. The minimum atomic E-state index is 1.26. The van der Waals surface area contributed by atoms with Crippen LogP contribution in [-0.4, -0.2) is 8.80 Å². The summed E-state index contributed by atoms with van der Waals surface area (Å²) in [4.78, 5) is 0. The van der Waals surface area contributed by atoms with E-state index in [9.17, 15) is 0 Å². The average molecular weight is 244 g/mol. The van der Waals surface area contributed by atoms with Gasteiger partial charge in [0.05, 0.1) is 22.1 Å². The summed E-state index contributed by atoms with van der Waals surface area (Å²) < 4.78 is 4.63. The Morgan fingerprint density at radius 1 is 0.789 bits per heavy atom. The molecule has 90 valence electrons. The molecule has 0 aliphatic carbocycles. The predicted molar refractivity (Wildman–Crippen MR) is 79.3 cm³/mol. The van der Waals surface area contributed by atoms with Crippen LogP contribution in [0.4, 0.5) is 0 Å². The highest BCUT2D eigenvalue weighted by Gasteiger charge is 2.14. The maximum absolute atomic E-state index is 2.32. The molecule has 0 N–H and O–H groups in total. The summed E-state index contributed by atoms with van der Waals surface area (Å²) >= 11 is 0. The van der Waals surface area contributed by atoms with E-state index in [1.54, 1.807) is 0 Å². The quantitative estimate of drug-likeness (QED) is 0.360. The number of fused-ring (bicyclic) bond motifs is 3. The van der Waals surface area contributed by atoms with Gasteiger partial charge in [-0.05, 0) is 42.8 Å². The van der Waals surface area contributed by atoms with E-state index in [2.05, 4.69) is 70.6 Å². The number of rotatable bonds is 0. The summed E-state index contributed by atoms with van der Waals surface area (Å²) in [5.74, 6) is 0. The Bertz CT molecular complexity index is 1060. The number of hydrogen-bond acceptors (Lipinski definition) is 0. The van der Waals surface area contributed by atoms with Crippen LogP contribution in [0.2, 0.25) is 0 Å². The zero-order valence-electron chi connectivity index (χ0n) is 10.6. The van der Waals surface area contributed by atoms with Crippen LogP contribution in [0.25, 0.3) is 32.8 Å². The third-order valence-corrected chi connectivity index (χ3v) is 4.23. The molecule has 0 atom stereocenters. The second kappa shape index (κ2) is 2.91. The van der Waals surface area contributed by atoms with Crippen molar-refractivity contribution >= 4 is 32.8 Å². The summed E-state index contributed by atoms with van der Waals surface area (Å²) in [6.45, 7) is 2.19. The van der Waals surface area contributed by atoms with Gasteiger partial charge in [-0.1, -0.05) is 12.1 Å². The van der Waals surface area contributed by atoms with Gasteiger partial charge in [-0.15, -0.1) is 0 Å². The molecule has 5 aromatic rings. The standard InChI is InChI=1S/C17H12N2/c1-11-10-12-6-8-18-14-4-2-3-5-15(14)19-9-7-13(11)17(19)16(12)18/h2-10H,1H3. The van der Waals surface area contributed by atoms with E-state index in [0.29, 0.717) is 0 Å². The number of aromatic nitrogens is 2. The Kier molecular flexibility index (Phi) is 1.45. The fourth-order valence-electron chi connectivity index (χ4n) is 3.39. The minimum Gasteiger partial charge on any atom is -0.313 e. The molecule has 0 aliphatic heterocycles. The van der Waals surface area contributed by atoms with Gasteiger partial charge in [-0.25, -0.2) is 0 Å². The molecule has 0 saturated heterocycles. The molecule has 0 saturated carbocycles. The van der Waals surface area contributed by atoms with Crippen molar-refractivity contribution in [1.82, 2.24) is 8.80 Å². The third kappa shape index (κ3) is 0.954. The average Bonchev–Trinajstić information content (AvgIpc) is 3.02. The summed E-state index contributed by atoms with van der Waals surface area (Å²) in [5.41, 5.74) is 6.51. The lowest BCUT2D eigenvalue weighted by molar-refractivity contribution is 1.20. The highest BCUT2D eigenvalue weighted by Crippen LogP contribution is 2.33. The van der Waals surface area contributed by atoms with Crippen molar-refractivity contribution in [2.24, 2.45) is 0 Å². The van der Waals surface area contributed by atoms with Gasteiger partial charge in [0.1, 0.15) is 0 Å². The van der Waals surface area contributed by atoms with Crippen LogP contribution >= 0.6 is 0 Å². The van der Waals surface area contributed by atoms with Crippen LogP contribution in [0.15, 0.2) is 54.9 Å². The molecule has 3 heterocycles. The summed E-state index contributed by atoms with van der Waals surface area (Å²) in [6.07, 6.45) is 4.37. The molecule has 0 radical (unpaired) electrons. The van der Waals surface area contributed by atoms with E-state index in [1.165, 1.54) is 38.4 Å². The highest BCUT2D eigenvalue weighted by atomic mass is 15.0. The number of nitrogens with zero attached hydrogens (tertiary/aromatic N) is 2. The molecule has 0 bridgehead atoms. The first kappa shape index (κ1) is 9.45. The molecule has 0 aliphatic rings. The highest BCUT2D eigenvalue weighted by molar-refractivity contribution is 6.09. The monoisotopic (exact) mass is 244 g/mol. The van der Waals surface area contributed by atoms with Crippen molar-refractivity contribution in [3.63, 3.8) is 0 Å². The largest absolute Gasteiger partial charge is 0.313 e. The Balaban J connectivity index is 2.33. The molecular formula is C17H12N2. The first-order valence-electron chi connectivity index (χ1n) is 6.56. The van der Waals surface area contributed by atoms with Gasteiger partial charge >= 0.3 is 0 Å². The first-order valence-corrected chi connectivity index (χ1v) is 6.56. The van der Waals surface area contributed by atoms with E-state index in [0.717, 1.165) is 0 Å². The SMILES string of the molecule is Cc1cc2ccn3c4ccccc4n4ccc1c4c23. The molecule has 0 unspecified atom stereocenters. The van der Waals surface area contributed by atoms with Crippen LogP contribution in [-0.2, 0) is 0 Å². The smallest absolute Gasteiger partial charge is 0.0780 e. The molecule has 0 spiro atoms. The third-order valence-electron chi connectivity index (χ3n) is 4.23. The van der Waals surface area contributed by atoms with Gasteiger partial charge in [0.2, 0.25) is 0 Å². The van der Waals surface area contributed by atoms with E-state index >= 15 is 0 Å². The minimum absolute atomic E-state index is 1.26. The van der Waals surface area contributed by atoms with E-state index in [-0.39, 0.29) is 0 Å². The van der Waals surface area contributed by atoms with Crippen molar-refractivity contribution in [3.8, 4) is 0 Å². The molecule has 19 heavy (non-hydrogen) atoms. The lowest BCUT2D eigenvalue weighted by Crippen LogP contribution is -1.95. The Hall–Kier alpha value is -2.48. The Morgan fingerprint density at radius 3 is 2.26 bits per heavy atom. The lowest BCUT2D eigenvalue weighted by Gasteiger charge is -2.10. The van der Waals surface area contributed by atoms with Crippen molar-refractivity contribution < 1.29 is 0 Å². The molecule has 0 amide bonds. The van der Waals surface area contributed by atoms with Crippen molar-refractivity contribution in [3.05, 3.63) is 60.4 Å². The van der Waals surface area contributed by atoms with Crippen LogP contribution in [0, 0.1) is 6.92 Å². The lowest BCUT2D eigenvalue weighted by atomic mass is 10.1. The van der Waals surface area contributed by atoms with Crippen molar-refractivity contribution in [2.75, 3.05) is 0 Å². The summed E-state index contributed by atoms with van der Waals surface area (Å²) in [5, 5.41) is 2.67. The molecule has 0 fully saturated rings. The van der Waals surface area contributed by atoms with Crippen LogP contribution in [0.5, 0.6) is 0 Å². The van der Waals surface area contributed by atoms with E-state index in [4.69, 9.17) is 0 Å². The van der Waals surface area contributed by atoms with Crippen molar-refractivity contribution in [2.45, 2.75) is 6.92 Å². The van der Waals surface area contributed by atoms with Gasteiger partial charge < -0.3 is 8.80 Å².